The predicted molar refractivity (Wildman–Crippen MR) is 129 cm³/mol. The molecule has 0 bridgehead atoms. The number of unbranched alkanes of at least 4 members (excludes halogenated alkanes) is 13. The number of aliphatic carboxylic acids is 1. The van der Waals surface area contributed by atoms with Crippen molar-refractivity contribution >= 4 is 11.8 Å². The first-order valence-electron chi connectivity index (χ1n) is 12.7. The Kier molecular flexibility index (Phi) is 12.3. The van der Waals surface area contributed by atoms with E-state index in [1.54, 1.807) is 0 Å². The zero-order chi connectivity index (χ0) is 22.3. The van der Waals surface area contributed by atoms with E-state index in [-0.39, 0.29) is 5.78 Å². The van der Waals surface area contributed by atoms with Crippen LogP contribution < -0.4 is 0 Å². The normalized spacial score (nSPS) is 14.7. The van der Waals surface area contributed by atoms with Crippen molar-refractivity contribution in [2.24, 2.45) is 0 Å². The van der Waals surface area contributed by atoms with Crippen LogP contribution in [0.3, 0.4) is 0 Å². The van der Waals surface area contributed by atoms with Crippen LogP contribution in [0.15, 0.2) is 29.8 Å². The fourth-order valence-electron chi connectivity index (χ4n) is 4.57. The number of Topliss-reactive ketones (excluding diaryl/α,β-unsaturated/α-hetero) is 1. The van der Waals surface area contributed by atoms with Gasteiger partial charge in [-0.05, 0) is 42.9 Å². The summed E-state index contributed by atoms with van der Waals surface area (Å²) in [5, 5.41) is 8.95. The molecule has 0 aromatic heterocycles. The zero-order valence-corrected chi connectivity index (χ0v) is 19.6. The number of carbonyl (C=O) groups is 2. The number of allylic oxidation sites excluding steroid dienone is 1. The molecule has 0 amide bonds. The second-order valence-electron chi connectivity index (χ2n) is 9.17. The lowest BCUT2D eigenvalue weighted by atomic mass is 9.85. The molecule has 1 aliphatic carbocycles. The molecule has 0 fully saturated rings. The molecule has 1 aromatic carbocycles. The van der Waals surface area contributed by atoms with Crippen molar-refractivity contribution in [1.82, 2.24) is 0 Å². The molecule has 0 aliphatic heterocycles. The Morgan fingerprint density at radius 2 is 1.39 bits per heavy atom. The predicted octanol–water partition coefficient (Wildman–Crippen LogP) is 7.85. The molecule has 0 saturated carbocycles. The van der Waals surface area contributed by atoms with E-state index in [1.807, 2.05) is 6.07 Å². The summed E-state index contributed by atoms with van der Waals surface area (Å²) in [6.45, 7) is 2.27. The van der Waals surface area contributed by atoms with Gasteiger partial charge in [0, 0.05) is 17.2 Å². The van der Waals surface area contributed by atoms with Crippen molar-refractivity contribution in [3.05, 3.63) is 46.5 Å². The average molecular weight is 427 g/mol. The van der Waals surface area contributed by atoms with Crippen LogP contribution in [0.2, 0.25) is 0 Å². The molecule has 2 rings (SSSR count). The number of hydrogen-bond donors (Lipinski definition) is 1. The second kappa shape index (κ2) is 15.0. The number of carboxylic acid groups (broad SMARTS) is 1. The molecule has 0 atom stereocenters. The standard InChI is InChI=1S/C28H42O3/c1-2-3-4-5-6-7-8-9-10-11-12-13-14-15-16-23-17-18-24-19-20-25(22-27(29)30)28(31)26(24)21-23/h17-18,21-22H,2-16,19-20H2,1H3,(H,29,30)/b25-22+. The summed E-state index contributed by atoms with van der Waals surface area (Å²) < 4.78 is 0. The Hall–Kier alpha value is -1.90. The largest absolute Gasteiger partial charge is 0.478 e. The number of carbonyl (C=O) groups excluding carboxylic acids is 1. The molecule has 3 heteroatoms. The first-order valence-corrected chi connectivity index (χ1v) is 12.7. The number of carboxylic acids is 1. The van der Waals surface area contributed by atoms with Crippen molar-refractivity contribution < 1.29 is 14.7 Å². The van der Waals surface area contributed by atoms with E-state index >= 15 is 0 Å². The van der Waals surface area contributed by atoms with Crippen LogP contribution in [-0.4, -0.2) is 16.9 Å². The highest BCUT2D eigenvalue weighted by Gasteiger charge is 2.22. The minimum Gasteiger partial charge on any atom is -0.478 e. The monoisotopic (exact) mass is 426 g/mol. The van der Waals surface area contributed by atoms with Crippen LogP contribution >= 0.6 is 0 Å². The van der Waals surface area contributed by atoms with Crippen molar-refractivity contribution in [3.8, 4) is 0 Å². The highest BCUT2D eigenvalue weighted by Crippen LogP contribution is 2.26. The third kappa shape index (κ3) is 9.84. The van der Waals surface area contributed by atoms with Crippen molar-refractivity contribution in [1.29, 1.82) is 0 Å². The van der Waals surface area contributed by atoms with E-state index in [0.29, 0.717) is 17.6 Å². The fourth-order valence-corrected chi connectivity index (χ4v) is 4.57. The number of aryl methyl sites for hydroxylation is 2. The number of ketones is 1. The number of rotatable bonds is 16. The van der Waals surface area contributed by atoms with Crippen molar-refractivity contribution in [3.63, 3.8) is 0 Å². The first-order chi connectivity index (χ1) is 15.1. The van der Waals surface area contributed by atoms with Gasteiger partial charge >= 0.3 is 5.97 Å². The van der Waals surface area contributed by atoms with E-state index in [1.165, 1.54) is 89.0 Å². The summed E-state index contributed by atoms with van der Waals surface area (Å²) in [5.74, 6) is -1.14. The topological polar surface area (TPSA) is 54.4 Å². The molecular formula is C28H42O3. The minimum absolute atomic E-state index is 0.105. The van der Waals surface area contributed by atoms with Crippen molar-refractivity contribution in [2.75, 3.05) is 0 Å². The highest BCUT2D eigenvalue weighted by atomic mass is 16.4. The summed E-state index contributed by atoms with van der Waals surface area (Å²) in [4.78, 5) is 23.5. The van der Waals surface area contributed by atoms with Gasteiger partial charge in [-0.2, -0.15) is 0 Å². The van der Waals surface area contributed by atoms with Gasteiger partial charge in [0.2, 0.25) is 0 Å². The van der Waals surface area contributed by atoms with Gasteiger partial charge in [0.1, 0.15) is 0 Å². The Morgan fingerprint density at radius 1 is 0.839 bits per heavy atom. The Labute approximate surface area is 189 Å². The minimum atomic E-state index is -1.04. The van der Waals surface area contributed by atoms with Crippen LogP contribution in [-0.2, 0) is 17.6 Å². The summed E-state index contributed by atoms with van der Waals surface area (Å²) in [7, 11) is 0. The molecule has 0 radical (unpaired) electrons. The lowest BCUT2D eigenvalue weighted by molar-refractivity contribution is -0.131. The quantitative estimate of drug-likeness (QED) is 0.216. The fraction of sp³-hybridized carbons (Fsp3) is 0.643. The number of benzene rings is 1. The van der Waals surface area contributed by atoms with Crippen LogP contribution in [0.4, 0.5) is 0 Å². The molecule has 0 spiro atoms. The average Bonchev–Trinajstić information content (AvgIpc) is 2.76. The van der Waals surface area contributed by atoms with Gasteiger partial charge in [0.15, 0.2) is 5.78 Å². The van der Waals surface area contributed by atoms with Crippen LogP contribution in [0.25, 0.3) is 0 Å². The van der Waals surface area contributed by atoms with Gasteiger partial charge in [0.05, 0.1) is 0 Å². The van der Waals surface area contributed by atoms with Gasteiger partial charge < -0.3 is 5.11 Å². The lowest BCUT2D eigenvalue weighted by Gasteiger charge is -2.18. The van der Waals surface area contributed by atoms with Gasteiger partial charge in [0.25, 0.3) is 0 Å². The van der Waals surface area contributed by atoms with E-state index in [0.717, 1.165) is 30.9 Å². The molecule has 31 heavy (non-hydrogen) atoms. The molecule has 1 aliphatic rings. The highest BCUT2D eigenvalue weighted by molar-refractivity contribution is 6.12. The Bertz CT molecular complexity index is 717. The summed E-state index contributed by atoms with van der Waals surface area (Å²) in [5.41, 5.74) is 3.38. The van der Waals surface area contributed by atoms with E-state index in [9.17, 15) is 9.59 Å². The van der Waals surface area contributed by atoms with Crippen LogP contribution in [0, 0.1) is 0 Å². The lowest BCUT2D eigenvalue weighted by Crippen LogP contribution is -2.15. The molecule has 172 valence electrons. The van der Waals surface area contributed by atoms with E-state index < -0.39 is 5.97 Å². The first kappa shape index (κ1) is 25.4. The maximum atomic E-state index is 12.6. The molecule has 1 N–H and O–H groups in total. The van der Waals surface area contributed by atoms with E-state index in [4.69, 9.17) is 5.11 Å². The third-order valence-corrected chi connectivity index (χ3v) is 6.49. The van der Waals surface area contributed by atoms with Crippen LogP contribution in [0.1, 0.15) is 125 Å². The van der Waals surface area contributed by atoms with Gasteiger partial charge in [-0.1, -0.05) is 103 Å². The molecule has 0 unspecified atom stereocenters. The van der Waals surface area contributed by atoms with Crippen molar-refractivity contribution in [2.45, 2.75) is 116 Å². The molecular weight excluding hydrogens is 384 g/mol. The van der Waals surface area contributed by atoms with Gasteiger partial charge in [-0.3, -0.25) is 4.79 Å². The Morgan fingerprint density at radius 3 is 1.94 bits per heavy atom. The zero-order valence-electron chi connectivity index (χ0n) is 19.6. The number of fused-ring (bicyclic) bond motifs is 1. The SMILES string of the molecule is CCCCCCCCCCCCCCCCc1ccc2c(c1)C(=O)/C(=C/C(=O)O)CC2. The maximum Gasteiger partial charge on any atom is 0.328 e. The summed E-state index contributed by atoms with van der Waals surface area (Å²) in [6, 6.07) is 6.19. The van der Waals surface area contributed by atoms with Gasteiger partial charge in [-0.25, -0.2) is 4.79 Å². The number of hydrogen-bond acceptors (Lipinski definition) is 2. The molecule has 1 aromatic rings. The molecule has 0 saturated heterocycles. The van der Waals surface area contributed by atoms with E-state index in [2.05, 4.69) is 19.1 Å². The maximum absolute atomic E-state index is 12.6. The smallest absolute Gasteiger partial charge is 0.328 e. The summed E-state index contributed by atoms with van der Waals surface area (Å²) in [6.07, 6.45) is 22.3. The third-order valence-electron chi connectivity index (χ3n) is 6.49. The van der Waals surface area contributed by atoms with Crippen LogP contribution in [0.5, 0.6) is 0 Å². The molecule has 3 nitrogen and oxygen atoms in total. The Balaban J connectivity index is 1.55. The summed E-state index contributed by atoms with van der Waals surface area (Å²) >= 11 is 0. The second-order valence-corrected chi connectivity index (χ2v) is 9.17. The molecule has 0 heterocycles. The van der Waals surface area contributed by atoms with Gasteiger partial charge in [-0.15, -0.1) is 0 Å².